The molecule has 0 saturated carbocycles. The third-order valence-corrected chi connectivity index (χ3v) is 2.12. The molecule has 0 atom stereocenters. The Bertz CT molecular complexity index is 290. The monoisotopic (exact) mass is 180 g/mol. The lowest BCUT2D eigenvalue weighted by Crippen LogP contribution is -2.19. The predicted octanol–water partition coefficient (Wildman–Crippen LogP) is 3.07. The van der Waals surface area contributed by atoms with Gasteiger partial charge >= 0.3 is 0 Å². The smallest absolute Gasteiger partial charge is 0.0596 e. The van der Waals surface area contributed by atoms with E-state index in [2.05, 4.69) is 50.5 Å². The van der Waals surface area contributed by atoms with Crippen LogP contribution in [-0.4, -0.2) is 9.78 Å². The molecule has 1 aromatic heterocycles. The van der Waals surface area contributed by atoms with Gasteiger partial charge in [-0.15, -0.1) is 0 Å². The van der Waals surface area contributed by atoms with Gasteiger partial charge in [-0.2, -0.15) is 5.10 Å². The molecule has 0 amide bonds. The molecular formula is C11H20N2. The Balaban J connectivity index is 3.20. The van der Waals surface area contributed by atoms with Crippen molar-refractivity contribution >= 4 is 0 Å². The lowest BCUT2D eigenvalue weighted by atomic mass is 9.91. The third kappa shape index (κ3) is 2.11. The van der Waals surface area contributed by atoms with E-state index in [1.165, 1.54) is 5.69 Å². The van der Waals surface area contributed by atoms with Crippen molar-refractivity contribution in [1.29, 1.82) is 0 Å². The van der Waals surface area contributed by atoms with E-state index in [4.69, 9.17) is 0 Å². The SMILES string of the molecule is Cc1cc(C(C)(C)C)n(C(C)C)n1. The Morgan fingerprint density at radius 1 is 1.31 bits per heavy atom. The fraction of sp³-hybridized carbons (Fsp3) is 0.727. The summed E-state index contributed by atoms with van der Waals surface area (Å²) >= 11 is 0. The highest BCUT2D eigenvalue weighted by atomic mass is 15.3. The summed E-state index contributed by atoms with van der Waals surface area (Å²) in [6, 6.07) is 2.63. The highest BCUT2D eigenvalue weighted by Gasteiger charge is 2.20. The van der Waals surface area contributed by atoms with E-state index in [1.807, 2.05) is 6.92 Å². The quantitative estimate of drug-likeness (QED) is 0.649. The van der Waals surface area contributed by atoms with Crippen LogP contribution in [0.5, 0.6) is 0 Å². The van der Waals surface area contributed by atoms with Crippen molar-refractivity contribution in [3.05, 3.63) is 17.5 Å². The van der Waals surface area contributed by atoms with E-state index in [1.54, 1.807) is 0 Å². The van der Waals surface area contributed by atoms with E-state index in [-0.39, 0.29) is 5.41 Å². The summed E-state index contributed by atoms with van der Waals surface area (Å²) in [5.74, 6) is 0. The average molecular weight is 180 g/mol. The van der Waals surface area contributed by atoms with Crippen LogP contribution in [0.25, 0.3) is 0 Å². The van der Waals surface area contributed by atoms with Crippen molar-refractivity contribution in [3.8, 4) is 0 Å². The van der Waals surface area contributed by atoms with Crippen LogP contribution < -0.4 is 0 Å². The minimum Gasteiger partial charge on any atom is -0.266 e. The zero-order chi connectivity index (χ0) is 10.2. The number of hydrogen-bond acceptors (Lipinski definition) is 1. The standard InChI is InChI=1S/C11H20N2/c1-8(2)13-10(11(4,5)6)7-9(3)12-13/h7-8H,1-6H3. The highest BCUT2D eigenvalue weighted by Crippen LogP contribution is 2.25. The van der Waals surface area contributed by atoms with Gasteiger partial charge < -0.3 is 0 Å². The van der Waals surface area contributed by atoms with E-state index >= 15 is 0 Å². The maximum absolute atomic E-state index is 4.49. The van der Waals surface area contributed by atoms with Crippen LogP contribution in [0.15, 0.2) is 6.07 Å². The lowest BCUT2D eigenvalue weighted by molar-refractivity contribution is 0.445. The van der Waals surface area contributed by atoms with E-state index in [0.717, 1.165) is 5.69 Å². The second-order valence-electron chi connectivity index (χ2n) is 4.96. The van der Waals surface area contributed by atoms with Crippen molar-refractivity contribution in [2.75, 3.05) is 0 Å². The van der Waals surface area contributed by atoms with Gasteiger partial charge in [-0.3, -0.25) is 4.68 Å². The van der Waals surface area contributed by atoms with Crippen molar-refractivity contribution < 1.29 is 0 Å². The summed E-state index contributed by atoms with van der Waals surface area (Å²) in [7, 11) is 0. The molecule has 74 valence electrons. The van der Waals surface area contributed by atoms with Gasteiger partial charge in [0.05, 0.1) is 5.69 Å². The zero-order valence-corrected chi connectivity index (χ0v) is 9.55. The summed E-state index contributed by atoms with van der Waals surface area (Å²) in [4.78, 5) is 0. The molecule has 0 aliphatic rings. The maximum atomic E-state index is 4.49. The fourth-order valence-corrected chi connectivity index (χ4v) is 1.47. The first-order chi connectivity index (χ1) is 5.82. The van der Waals surface area contributed by atoms with Gasteiger partial charge in [0.25, 0.3) is 0 Å². The Kier molecular flexibility index (Phi) is 2.51. The molecule has 1 aromatic rings. The molecule has 0 N–H and O–H groups in total. The van der Waals surface area contributed by atoms with Crippen LogP contribution in [-0.2, 0) is 5.41 Å². The van der Waals surface area contributed by atoms with E-state index in [0.29, 0.717) is 6.04 Å². The first-order valence-electron chi connectivity index (χ1n) is 4.89. The summed E-state index contributed by atoms with van der Waals surface area (Å²) in [5.41, 5.74) is 2.62. The van der Waals surface area contributed by atoms with E-state index in [9.17, 15) is 0 Å². The minimum atomic E-state index is 0.186. The normalized spacial score (nSPS) is 12.5. The molecule has 0 fully saturated rings. The molecule has 1 rings (SSSR count). The van der Waals surface area contributed by atoms with Crippen LogP contribution in [0.3, 0.4) is 0 Å². The first-order valence-corrected chi connectivity index (χ1v) is 4.89. The average Bonchev–Trinajstić information content (AvgIpc) is 2.29. The Hall–Kier alpha value is -0.790. The van der Waals surface area contributed by atoms with Gasteiger partial charge in [0.2, 0.25) is 0 Å². The second-order valence-corrected chi connectivity index (χ2v) is 4.96. The Labute approximate surface area is 81.0 Å². The van der Waals surface area contributed by atoms with Gasteiger partial charge in [0.15, 0.2) is 0 Å². The largest absolute Gasteiger partial charge is 0.266 e. The molecule has 0 bridgehead atoms. The summed E-state index contributed by atoms with van der Waals surface area (Å²) in [6.45, 7) is 13.1. The van der Waals surface area contributed by atoms with E-state index < -0.39 is 0 Å². The van der Waals surface area contributed by atoms with Crippen LogP contribution in [0.2, 0.25) is 0 Å². The van der Waals surface area contributed by atoms with Crippen LogP contribution in [0, 0.1) is 6.92 Å². The molecular weight excluding hydrogens is 160 g/mol. The predicted molar refractivity (Wildman–Crippen MR) is 56.0 cm³/mol. The van der Waals surface area contributed by atoms with Gasteiger partial charge in [-0.25, -0.2) is 0 Å². The van der Waals surface area contributed by atoms with Gasteiger partial charge in [-0.05, 0) is 26.8 Å². The molecule has 0 aliphatic carbocycles. The van der Waals surface area contributed by atoms with Crippen molar-refractivity contribution in [2.45, 2.75) is 53.0 Å². The molecule has 0 aromatic carbocycles. The summed E-state index contributed by atoms with van der Waals surface area (Å²) in [5, 5.41) is 4.49. The van der Waals surface area contributed by atoms with Gasteiger partial charge in [0, 0.05) is 17.2 Å². The molecule has 0 unspecified atom stereocenters. The van der Waals surface area contributed by atoms with Crippen LogP contribution in [0.1, 0.15) is 52.0 Å². The lowest BCUT2D eigenvalue weighted by Gasteiger charge is -2.22. The number of aryl methyl sites for hydroxylation is 1. The number of aromatic nitrogens is 2. The molecule has 0 aliphatic heterocycles. The van der Waals surface area contributed by atoms with Crippen LogP contribution in [0.4, 0.5) is 0 Å². The first kappa shape index (κ1) is 10.3. The molecule has 13 heavy (non-hydrogen) atoms. The molecule has 2 nitrogen and oxygen atoms in total. The van der Waals surface area contributed by atoms with Crippen molar-refractivity contribution in [2.24, 2.45) is 0 Å². The number of hydrogen-bond donors (Lipinski definition) is 0. The topological polar surface area (TPSA) is 17.8 Å². The summed E-state index contributed by atoms with van der Waals surface area (Å²) < 4.78 is 2.12. The number of nitrogens with zero attached hydrogens (tertiary/aromatic N) is 2. The highest BCUT2D eigenvalue weighted by molar-refractivity contribution is 5.17. The van der Waals surface area contributed by atoms with Crippen molar-refractivity contribution in [3.63, 3.8) is 0 Å². The van der Waals surface area contributed by atoms with Crippen LogP contribution >= 0.6 is 0 Å². The molecule has 0 radical (unpaired) electrons. The van der Waals surface area contributed by atoms with Crippen molar-refractivity contribution in [1.82, 2.24) is 9.78 Å². The molecule has 0 saturated heterocycles. The number of rotatable bonds is 1. The Morgan fingerprint density at radius 2 is 1.85 bits per heavy atom. The summed E-state index contributed by atoms with van der Waals surface area (Å²) in [6.07, 6.45) is 0. The zero-order valence-electron chi connectivity index (χ0n) is 9.55. The van der Waals surface area contributed by atoms with Gasteiger partial charge in [0.1, 0.15) is 0 Å². The maximum Gasteiger partial charge on any atom is 0.0596 e. The third-order valence-electron chi connectivity index (χ3n) is 2.12. The Morgan fingerprint density at radius 3 is 2.15 bits per heavy atom. The second kappa shape index (κ2) is 3.17. The minimum absolute atomic E-state index is 0.186. The molecule has 2 heteroatoms. The van der Waals surface area contributed by atoms with Gasteiger partial charge in [-0.1, -0.05) is 20.8 Å². The fourth-order valence-electron chi connectivity index (χ4n) is 1.47. The molecule has 0 spiro atoms. The molecule has 1 heterocycles.